The van der Waals surface area contributed by atoms with Crippen LogP contribution in [0.3, 0.4) is 0 Å². The Kier molecular flexibility index (Phi) is 1.62. The van der Waals surface area contributed by atoms with E-state index in [2.05, 4.69) is 4.99 Å². The molecule has 0 fully saturated rings. The van der Waals surface area contributed by atoms with Crippen molar-refractivity contribution in [3.8, 4) is 0 Å². The van der Waals surface area contributed by atoms with Gasteiger partial charge in [-0.15, -0.1) is 0 Å². The van der Waals surface area contributed by atoms with Crippen molar-refractivity contribution in [1.29, 1.82) is 0 Å². The number of carbonyl (C=O) groups excluding carboxylic acids is 1. The van der Waals surface area contributed by atoms with Gasteiger partial charge in [-0.1, -0.05) is 0 Å². The molecule has 0 saturated carbocycles. The van der Waals surface area contributed by atoms with Gasteiger partial charge in [0.15, 0.2) is 5.78 Å². The predicted octanol–water partition coefficient (Wildman–Crippen LogP) is 1.70. The van der Waals surface area contributed by atoms with E-state index in [-0.39, 0.29) is 23.5 Å². The number of anilines is 1. The number of hydrogen-bond donors (Lipinski definition) is 1. The summed E-state index contributed by atoms with van der Waals surface area (Å²) < 4.78 is 12.8. The maximum atomic E-state index is 12.8. The number of carbonyl (C=O) groups is 1. The average Bonchev–Trinajstić information content (AvgIpc) is 2.07. The van der Waals surface area contributed by atoms with E-state index in [0.717, 1.165) is 6.07 Å². The zero-order valence-electron chi connectivity index (χ0n) is 6.75. The second-order valence-corrected chi connectivity index (χ2v) is 2.83. The van der Waals surface area contributed by atoms with Gasteiger partial charge in [-0.25, -0.2) is 4.39 Å². The van der Waals surface area contributed by atoms with Crippen molar-refractivity contribution in [2.24, 2.45) is 4.99 Å². The number of aliphatic imine (C=N–C) groups is 1. The molecule has 0 unspecified atom stereocenters. The average molecular weight is 178 g/mol. The highest BCUT2D eigenvalue weighted by atomic mass is 19.1. The normalized spacial score (nSPS) is 14.4. The molecule has 0 amide bonds. The Morgan fingerprint density at radius 1 is 1.46 bits per heavy atom. The zero-order valence-corrected chi connectivity index (χ0v) is 6.75. The van der Waals surface area contributed by atoms with E-state index in [1.165, 1.54) is 12.3 Å². The molecule has 4 heteroatoms. The summed E-state index contributed by atoms with van der Waals surface area (Å²) in [6.07, 6.45) is 1.70. The molecule has 1 aromatic carbocycles. The van der Waals surface area contributed by atoms with E-state index < -0.39 is 5.82 Å². The molecule has 0 aliphatic carbocycles. The van der Waals surface area contributed by atoms with Crippen LogP contribution in [0.4, 0.5) is 15.8 Å². The molecule has 13 heavy (non-hydrogen) atoms. The summed E-state index contributed by atoms with van der Waals surface area (Å²) in [4.78, 5) is 15.2. The van der Waals surface area contributed by atoms with Gasteiger partial charge in [-0.2, -0.15) is 0 Å². The number of halogens is 1. The van der Waals surface area contributed by atoms with E-state index in [1.54, 1.807) is 0 Å². The molecule has 1 heterocycles. The van der Waals surface area contributed by atoms with Crippen LogP contribution in [0.25, 0.3) is 0 Å². The SMILES string of the molecule is Nc1cc(F)cc2c1N=CCC2=O. The fourth-order valence-electron chi connectivity index (χ4n) is 1.31. The molecule has 0 bridgehead atoms. The molecule has 3 nitrogen and oxygen atoms in total. The third-order valence-corrected chi connectivity index (χ3v) is 1.90. The van der Waals surface area contributed by atoms with E-state index in [1.807, 2.05) is 0 Å². The van der Waals surface area contributed by atoms with Gasteiger partial charge >= 0.3 is 0 Å². The van der Waals surface area contributed by atoms with Gasteiger partial charge in [-0.05, 0) is 12.1 Å². The summed E-state index contributed by atoms with van der Waals surface area (Å²) in [5.41, 5.74) is 6.37. The first-order chi connectivity index (χ1) is 6.18. The van der Waals surface area contributed by atoms with Crippen molar-refractivity contribution in [2.45, 2.75) is 6.42 Å². The molecule has 0 saturated heterocycles. The van der Waals surface area contributed by atoms with Gasteiger partial charge in [0.2, 0.25) is 0 Å². The lowest BCUT2D eigenvalue weighted by atomic mass is 10.0. The Morgan fingerprint density at radius 2 is 2.23 bits per heavy atom. The number of benzene rings is 1. The smallest absolute Gasteiger partial charge is 0.170 e. The number of fused-ring (bicyclic) bond motifs is 1. The Balaban J connectivity index is 2.71. The molecular formula is C9H7FN2O. The largest absolute Gasteiger partial charge is 0.397 e. The second kappa shape index (κ2) is 2.65. The van der Waals surface area contributed by atoms with Crippen LogP contribution in [0.1, 0.15) is 16.8 Å². The maximum Gasteiger partial charge on any atom is 0.170 e. The van der Waals surface area contributed by atoms with E-state index >= 15 is 0 Å². The summed E-state index contributed by atoms with van der Waals surface area (Å²) in [5.74, 6) is -0.641. The van der Waals surface area contributed by atoms with Crippen LogP contribution in [0.15, 0.2) is 17.1 Å². The van der Waals surface area contributed by atoms with Crippen LogP contribution in [-0.4, -0.2) is 12.0 Å². The minimum atomic E-state index is -0.498. The van der Waals surface area contributed by atoms with Gasteiger partial charge in [0.05, 0.1) is 11.4 Å². The Bertz CT molecular complexity index is 412. The van der Waals surface area contributed by atoms with Gasteiger partial charge in [0.1, 0.15) is 5.82 Å². The maximum absolute atomic E-state index is 12.8. The zero-order chi connectivity index (χ0) is 9.42. The first-order valence-electron chi connectivity index (χ1n) is 3.83. The number of nitrogen functional groups attached to an aromatic ring is 1. The van der Waals surface area contributed by atoms with E-state index in [0.29, 0.717) is 5.69 Å². The topological polar surface area (TPSA) is 55.4 Å². The molecule has 0 atom stereocenters. The first-order valence-corrected chi connectivity index (χ1v) is 3.83. The fourth-order valence-corrected chi connectivity index (χ4v) is 1.31. The van der Waals surface area contributed by atoms with Crippen LogP contribution in [-0.2, 0) is 0 Å². The molecule has 1 aliphatic rings. The number of ketones is 1. The van der Waals surface area contributed by atoms with Crippen molar-refractivity contribution < 1.29 is 9.18 Å². The van der Waals surface area contributed by atoms with Crippen molar-refractivity contribution >= 4 is 23.4 Å². The summed E-state index contributed by atoms with van der Waals surface area (Å²) >= 11 is 0. The van der Waals surface area contributed by atoms with Gasteiger partial charge in [-0.3, -0.25) is 9.79 Å². The number of nitrogens with zero attached hydrogens (tertiary/aromatic N) is 1. The highest BCUT2D eigenvalue weighted by Gasteiger charge is 2.17. The third-order valence-electron chi connectivity index (χ3n) is 1.90. The van der Waals surface area contributed by atoms with Gasteiger partial charge in [0, 0.05) is 18.2 Å². The highest BCUT2D eigenvalue weighted by molar-refractivity contribution is 6.11. The standard InChI is InChI=1S/C9H7FN2O/c10-5-3-6-8(13)1-2-12-9(6)7(11)4-5/h2-4H,1,11H2. The molecule has 2 N–H and O–H groups in total. The van der Waals surface area contributed by atoms with Crippen molar-refractivity contribution in [3.05, 3.63) is 23.5 Å². The molecule has 66 valence electrons. The number of rotatable bonds is 0. The lowest BCUT2D eigenvalue weighted by molar-refractivity contribution is 0.100. The summed E-state index contributed by atoms with van der Waals surface area (Å²) in [6, 6.07) is 2.33. The summed E-state index contributed by atoms with van der Waals surface area (Å²) in [7, 11) is 0. The highest BCUT2D eigenvalue weighted by Crippen LogP contribution is 2.31. The Hall–Kier alpha value is -1.71. The van der Waals surface area contributed by atoms with Gasteiger partial charge < -0.3 is 5.73 Å². The van der Waals surface area contributed by atoms with Crippen LogP contribution in [0.2, 0.25) is 0 Å². The summed E-state index contributed by atoms with van der Waals surface area (Å²) in [5, 5.41) is 0. The van der Waals surface area contributed by atoms with E-state index in [4.69, 9.17) is 5.73 Å². The molecular weight excluding hydrogens is 171 g/mol. The summed E-state index contributed by atoms with van der Waals surface area (Å²) in [6.45, 7) is 0. The molecule has 0 aromatic heterocycles. The quantitative estimate of drug-likeness (QED) is 0.614. The predicted molar refractivity (Wildman–Crippen MR) is 47.9 cm³/mol. The number of hydrogen-bond acceptors (Lipinski definition) is 3. The number of nitrogens with two attached hydrogens (primary N) is 1. The van der Waals surface area contributed by atoms with Crippen LogP contribution in [0.5, 0.6) is 0 Å². The monoisotopic (exact) mass is 178 g/mol. The second-order valence-electron chi connectivity index (χ2n) is 2.83. The van der Waals surface area contributed by atoms with Crippen LogP contribution in [0, 0.1) is 5.82 Å². The minimum absolute atomic E-state index is 0.142. The first kappa shape index (κ1) is 7.91. The number of Topliss-reactive ketones (excluding diaryl/α,β-unsaturated/α-hetero) is 1. The van der Waals surface area contributed by atoms with Gasteiger partial charge in [0.25, 0.3) is 0 Å². The van der Waals surface area contributed by atoms with E-state index in [9.17, 15) is 9.18 Å². The minimum Gasteiger partial charge on any atom is -0.397 e. The lowest BCUT2D eigenvalue weighted by Gasteiger charge is -2.10. The molecule has 1 aliphatic heterocycles. The fraction of sp³-hybridized carbons (Fsp3) is 0.111. The molecule has 0 spiro atoms. The molecule has 2 rings (SSSR count). The van der Waals surface area contributed by atoms with Crippen molar-refractivity contribution in [3.63, 3.8) is 0 Å². The lowest BCUT2D eigenvalue weighted by Crippen LogP contribution is -2.06. The van der Waals surface area contributed by atoms with Crippen molar-refractivity contribution in [1.82, 2.24) is 0 Å². The van der Waals surface area contributed by atoms with Crippen LogP contribution >= 0.6 is 0 Å². The Labute approximate surface area is 74.1 Å². The molecule has 0 radical (unpaired) electrons. The van der Waals surface area contributed by atoms with Crippen molar-refractivity contribution in [2.75, 3.05) is 5.73 Å². The third kappa shape index (κ3) is 1.20. The molecule has 1 aromatic rings. The van der Waals surface area contributed by atoms with Crippen LogP contribution < -0.4 is 5.73 Å². The Morgan fingerprint density at radius 3 is 3.00 bits per heavy atom.